The molecule has 2 rings (SSSR count). The number of hydrogen-bond acceptors (Lipinski definition) is 3. The molecular formula is C17H23NO2. The Morgan fingerprint density at radius 3 is 2.60 bits per heavy atom. The molecule has 1 aromatic rings. The van der Waals surface area contributed by atoms with Crippen molar-refractivity contribution in [1.29, 1.82) is 0 Å². The first kappa shape index (κ1) is 14.9. The van der Waals surface area contributed by atoms with Crippen LogP contribution >= 0.6 is 0 Å². The first-order chi connectivity index (χ1) is 9.63. The van der Waals surface area contributed by atoms with Crippen LogP contribution in [0.25, 0.3) is 0 Å². The van der Waals surface area contributed by atoms with Crippen molar-refractivity contribution in [3.05, 3.63) is 29.8 Å². The Kier molecular flexibility index (Phi) is 5.05. The van der Waals surface area contributed by atoms with E-state index >= 15 is 0 Å². The molecule has 0 spiro atoms. The predicted octanol–water partition coefficient (Wildman–Crippen LogP) is 2.65. The van der Waals surface area contributed by atoms with E-state index in [9.17, 15) is 5.11 Å². The van der Waals surface area contributed by atoms with Gasteiger partial charge in [-0.1, -0.05) is 30.9 Å². The highest BCUT2D eigenvalue weighted by atomic mass is 16.5. The van der Waals surface area contributed by atoms with Gasteiger partial charge in [0.05, 0.1) is 5.60 Å². The van der Waals surface area contributed by atoms with Gasteiger partial charge in [0, 0.05) is 12.6 Å². The fourth-order valence-electron chi connectivity index (χ4n) is 2.65. The van der Waals surface area contributed by atoms with Crippen molar-refractivity contribution in [2.45, 2.75) is 44.2 Å². The molecule has 3 heteroatoms. The number of terminal acetylenes is 1. The molecule has 2 N–H and O–H groups in total. The van der Waals surface area contributed by atoms with Gasteiger partial charge in [0.2, 0.25) is 0 Å². The summed E-state index contributed by atoms with van der Waals surface area (Å²) < 4.78 is 5.35. The van der Waals surface area contributed by atoms with Crippen molar-refractivity contribution >= 4 is 0 Å². The zero-order chi connectivity index (χ0) is 14.4. The van der Waals surface area contributed by atoms with Gasteiger partial charge in [-0.2, -0.15) is 0 Å². The Morgan fingerprint density at radius 2 is 2.00 bits per heavy atom. The summed E-state index contributed by atoms with van der Waals surface area (Å²) in [6.07, 6.45) is 9.24. The second-order valence-corrected chi connectivity index (χ2v) is 5.60. The highest BCUT2D eigenvalue weighted by Gasteiger charge is 2.30. The summed E-state index contributed by atoms with van der Waals surface area (Å²) in [6, 6.07) is 8.12. The number of nitrogens with one attached hydrogen (secondary N) is 1. The van der Waals surface area contributed by atoms with E-state index in [-0.39, 0.29) is 6.04 Å². The SMILES string of the molecule is C#CCOc1ccc(C(C)NCC2(O)CCCC2)cc1. The molecule has 1 aromatic carbocycles. The van der Waals surface area contributed by atoms with Gasteiger partial charge in [-0.05, 0) is 37.5 Å². The van der Waals surface area contributed by atoms with Crippen LogP contribution in [0.1, 0.15) is 44.2 Å². The molecule has 0 amide bonds. The lowest BCUT2D eigenvalue weighted by molar-refractivity contribution is 0.0453. The van der Waals surface area contributed by atoms with E-state index in [0.29, 0.717) is 13.2 Å². The standard InChI is InChI=1S/C17H23NO2/c1-3-12-20-16-8-6-15(7-9-16)14(2)18-13-17(19)10-4-5-11-17/h1,6-9,14,18-19H,4-5,10-13H2,2H3. The number of ether oxygens (including phenoxy) is 1. The van der Waals surface area contributed by atoms with E-state index in [0.717, 1.165) is 31.4 Å². The van der Waals surface area contributed by atoms with Crippen molar-refractivity contribution in [3.63, 3.8) is 0 Å². The van der Waals surface area contributed by atoms with E-state index in [1.807, 2.05) is 24.3 Å². The van der Waals surface area contributed by atoms with Crippen molar-refractivity contribution in [1.82, 2.24) is 5.32 Å². The Hall–Kier alpha value is -1.50. The quantitative estimate of drug-likeness (QED) is 0.783. The summed E-state index contributed by atoms with van der Waals surface area (Å²) in [4.78, 5) is 0. The van der Waals surface area contributed by atoms with Crippen molar-refractivity contribution in [2.75, 3.05) is 13.2 Å². The van der Waals surface area contributed by atoms with Gasteiger partial charge in [-0.15, -0.1) is 6.42 Å². The minimum absolute atomic E-state index is 0.210. The van der Waals surface area contributed by atoms with E-state index in [1.54, 1.807) is 0 Å². The summed E-state index contributed by atoms with van der Waals surface area (Å²) in [5, 5.41) is 13.7. The van der Waals surface area contributed by atoms with Crippen LogP contribution in [0.15, 0.2) is 24.3 Å². The maximum Gasteiger partial charge on any atom is 0.148 e. The smallest absolute Gasteiger partial charge is 0.148 e. The molecule has 0 radical (unpaired) electrons. The predicted molar refractivity (Wildman–Crippen MR) is 80.6 cm³/mol. The van der Waals surface area contributed by atoms with Gasteiger partial charge in [0.1, 0.15) is 12.4 Å². The molecular weight excluding hydrogens is 250 g/mol. The minimum Gasteiger partial charge on any atom is -0.481 e. The van der Waals surface area contributed by atoms with Crippen molar-refractivity contribution < 1.29 is 9.84 Å². The number of hydrogen-bond donors (Lipinski definition) is 2. The second kappa shape index (κ2) is 6.78. The average molecular weight is 273 g/mol. The highest BCUT2D eigenvalue weighted by molar-refractivity contribution is 5.29. The molecule has 1 aliphatic rings. The topological polar surface area (TPSA) is 41.5 Å². The van der Waals surface area contributed by atoms with E-state index in [2.05, 4.69) is 18.2 Å². The number of benzene rings is 1. The minimum atomic E-state index is -0.510. The van der Waals surface area contributed by atoms with Gasteiger partial charge in [0.15, 0.2) is 0 Å². The van der Waals surface area contributed by atoms with Crippen LogP contribution < -0.4 is 10.1 Å². The molecule has 3 nitrogen and oxygen atoms in total. The first-order valence-electron chi connectivity index (χ1n) is 7.25. The second-order valence-electron chi connectivity index (χ2n) is 5.60. The van der Waals surface area contributed by atoms with Crippen LogP contribution in [0, 0.1) is 12.3 Å². The van der Waals surface area contributed by atoms with Gasteiger partial charge in [-0.25, -0.2) is 0 Å². The monoisotopic (exact) mass is 273 g/mol. The Bertz CT molecular complexity index is 455. The molecule has 0 heterocycles. The fourth-order valence-corrected chi connectivity index (χ4v) is 2.65. The van der Waals surface area contributed by atoms with Crippen molar-refractivity contribution in [2.24, 2.45) is 0 Å². The summed E-state index contributed by atoms with van der Waals surface area (Å²) >= 11 is 0. The lowest BCUT2D eigenvalue weighted by atomic mass is 10.0. The molecule has 0 aliphatic heterocycles. The zero-order valence-electron chi connectivity index (χ0n) is 12.1. The lowest BCUT2D eigenvalue weighted by Gasteiger charge is -2.25. The van der Waals surface area contributed by atoms with E-state index in [4.69, 9.17) is 11.2 Å². The molecule has 108 valence electrons. The van der Waals surface area contributed by atoms with Crippen LogP contribution in [0.3, 0.4) is 0 Å². The molecule has 0 aromatic heterocycles. The third-order valence-corrected chi connectivity index (χ3v) is 3.97. The molecule has 1 unspecified atom stereocenters. The first-order valence-corrected chi connectivity index (χ1v) is 7.25. The van der Waals surface area contributed by atoms with Crippen LogP contribution in [0.5, 0.6) is 5.75 Å². The Morgan fingerprint density at radius 1 is 1.35 bits per heavy atom. The van der Waals surface area contributed by atoms with Gasteiger partial charge >= 0.3 is 0 Å². The third-order valence-electron chi connectivity index (χ3n) is 3.97. The summed E-state index contributed by atoms with van der Waals surface area (Å²) in [7, 11) is 0. The van der Waals surface area contributed by atoms with Crippen LogP contribution in [0.2, 0.25) is 0 Å². The molecule has 0 bridgehead atoms. The highest BCUT2D eigenvalue weighted by Crippen LogP contribution is 2.29. The zero-order valence-corrected chi connectivity index (χ0v) is 12.1. The summed E-state index contributed by atoms with van der Waals surface area (Å²) in [6.45, 7) is 3.05. The third kappa shape index (κ3) is 4.00. The normalized spacial score (nSPS) is 18.4. The molecule has 20 heavy (non-hydrogen) atoms. The summed E-state index contributed by atoms with van der Waals surface area (Å²) in [5.74, 6) is 3.23. The largest absolute Gasteiger partial charge is 0.481 e. The van der Waals surface area contributed by atoms with E-state index in [1.165, 1.54) is 5.56 Å². The molecule has 1 saturated carbocycles. The van der Waals surface area contributed by atoms with Gasteiger partial charge in [-0.3, -0.25) is 0 Å². The number of aliphatic hydroxyl groups is 1. The van der Waals surface area contributed by atoms with Crippen LogP contribution in [0.4, 0.5) is 0 Å². The Labute approximate surface area is 121 Å². The average Bonchev–Trinajstić information content (AvgIpc) is 2.90. The molecule has 1 fully saturated rings. The van der Waals surface area contributed by atoms with Crippen LogP contribution in [-0.2, 0) is 0 Å². The molecule has 1 aliphatic carbocycles. The van der Waals surface area contributed by atoms with Crippen molar-refractivity contribution in [3.8, 4) is 18.1 Å². The Balaban J connectivity index is 1.85. The van der Waals surface area contributed by atoms with E-state index < -0.39 is 5.60 Å². The van der Waals surface area contributed by atoms with Gasteiger partial charge < -0.3 is 15.2 Å². The molecule has 0 saturated heterocycles. The maximum atomic E-state index is 10.3. The summed E-state index contributed by atoms with van der Waals surface area (Å²) in [5.41, 5.74) is 0.670. The molecule has 1 atom stereocenters. The maximum absolute atomic E-state index is 10.3. The lowest BCUT2D eigenvalue weighted by Crippen LogP contribution is -2.39. The fraction of sp³-hybridized carbons (Fsp3) is 0.529. The van der Waals surface area contributed by atoms with Gasteiger partial charge in [0.25, 0.3) is 0 Å². The number of rotatable bonds is 6. The van der Waals surface area contributed by atoms with Crippen LogP contribution in [-0.4, -0.2) is 23.9 Å².